The van der Waals surface area contributed by atoms with E-state index in [4.69, 9.17) is 14.6 Å². The summed E-state index contributed by atoms with van der Waals surface area (Å²) in [6.45, 7) is 6.00. The van der Waals surface area contributed by atoms with Gasteiger partial charge in [0.25, 0.3) is 0 Å². The fourth-order valence-electron chi connectivity index (χ4n) is 0.798. The van der Waals surface area contributed by atoms with Crippen molar-refractivity contribution in [3.05, 3.63) is 0 Å². The van der Waals surface area contributed by atoms with Gasteiger partial charge in [-0.05, 0) is 13.3 Å². The highest BCUT2D eigenvalue weighted by Gasteiger charge is 2.00. The molecule has 0 radical (unpaired) electrons. The number of aliphatic hydroxyl groups excluding tert-OH is 1. The largest absolute Gasteiger partial charge is 0.394 e. The fraction of sp³-hybridized carbons (Fsp3) is 1.00. The molecule has 3 nitrogen and oxygen atoms in total. The Labute approximate surface area is 74.7 Å². The van der Waals surface area contributed by atoms with Crippen molar-refractivity contribution in [2.24, 2.45) is 0 Å². The summed E-state index contributed by atoms with van der Waals surface area (Å²) in [5, 5.41) is 8.46. The summed E-state index contributed by atoms with van der Waals surface area (Å²) in [5.41, 5.74) is 0. The van der Waals surface area contributed by atoms with Crippen LogP contribution in [0.1, 0.15) is 26.7 Å². The van der Waals surface area contributed by atoms with Gasteiger partial charge in [-0.2, -0.15) is 0 Å². The zero-order chi connectivity index (χ0) is 9.23. The number of unbranched alkanes of at least 4 members (excludes halogenated alkanes) is 1. The molecule has 0 aliphatic heterocycles. The Hall–Kier alpha value is -0.120. The third-order valence-electron chi connectivity index (χ3n) is 1.49. The third kappa shape index (κ3) is 7.98. The van der Waals surface area contributed by atoms with Crippen LogP contribution in [0, 0.1) is 0 Å². The van der Waals surface area contributed by atoms with Crippen LogP contribution in [0.4, 0.5) is 0 Å². The van der Waals surface area contributed by atoms with Gasteiger partial charge in [0.05, 0.1) is 25.9 Å². The number of hydrogen-bond acceptors (Lipinski definition) is 3. The first-order valence-corrected chi connectivity index (χ1v) is 4.61. The van der Waals surface area contributed by atoms with Gasteiger partial charge >= 0.3 is 0 Å². The highest BCUT2D eigenvalue weighted by molar-refractivity contribution is 4.46. The summed E-state index contributed by atoms with van der Waals surface area (Å²) in [6, 6.07) is 0. The number of ether oxygens (including phenoxy) is 2. The Morgan fingerprint density at radius 2 is 2.08 bits per heavy atom. The molecule has 12 heavy (non-hydrogen) atoms. The van der Waals surface area contributed by atoms with Crippen LogP contribution in [0.5, 0.6) is 0 Å². The second-order valence-electron chi connectivity index (χ2n) is 2.83. The van der Waals surface area contributed by atoms with Crippen LogP contribution in [0.15, 0.2) is 0 Å². The lowest BCUT2D eigenvalue weighted by Crippen LogP contribution is -2.18. The first kappa shape index (κ1) is 11.9. The first-order valence-electron chi connectivity index (χ1n) is 4.61. The molecule has 1 N–H and O–H groups in total. The van der Waals surface area contributed by atoms with Gasteiger partial charge < -0.3 is 14.6 Å². The molecule has 74 valence electrons. The topological polar surface area (TPSA) is 38.7 Å². The molecule has 0 saturated carbocycles. The normalized spacial score (nSPS) is 13.2. The summed E-state index contributed by atoms with van der Waals surface area (Å²) in [6.07, 6.45) is 2.35. The maximum atomic E-state index is 8.46. The van der Waals surface area contributed by atoms with Crippen molar-refractivity contribution in [2.45, 2.75) is 32.8 Å². The molecule has 0 bridgehead atoms. The monoisotopic (exact) mass is 176 g/mol. The zero-order valence-electron chi connectivity index (χ0n) is 8.08. The number of aliphatic hydroxyl groups is 1. The molecule has 0 amide bonds. The molecule has 0 aliphatic rings. The second-order valence-corrected chi connectivity index (χ2v) is 2.83. The summed E-state index contributed by atoms with van der Waals surface area (Å²) in [4.78, 5) is 0. The lowest BCUT2D eigenvalue weighted by Gasteiger charge is -2.11. The van der Waals surface area contributed by atoms with Crippen LogP contribution in [-0.4, -0.2) is 37.6 Å². The van der Waals surface area contributed by atoms with Gasteiger partial charge in [-0.25, -0.2) is 0 Å². The first-order chi connectivity index (χ1) is 5.81. The number of rotatable bonds is 8. The van der Waals surface area contributed by atoms with E-state index in [1.165, 1.54) is 0 Å². The Balaban J connectivity index is 3.02. The Morgan fingerprint density at radius 1 is 1.33 bits per heavy atom. The van der Waals surface area contributed by atoms with Crippen molar-refractivity contribution in [3.8, 4) is 0 Å². The van der Waals surface area contributed by atoms with E-state index in [0.29, 0.717) is 13.2 Å². The fourth-order valence-corrected chi connectivity index (χ4v) is 0.798. The average Bonchev–Trinajstić information content (AvgIpc) is 2.09. The van der Waals surface area contributed by atoms with Crippen molar-refractivity contribution < 1.29 is 14.6 Å². The standard InChI is InChI=1S/C9H20O3/c1-3-4-6-11-8-9(2)12-7-5-10/h9-10H,3-8H2,1-2H3. The van der Waals surface area contributed by atoms with E-state index in [1.54, 1.807) is 0 Å². The van der Waals surface area contributed by atoms with Crippen molar-refractivity contribution in [1.82, 2.24) is 0 Å². The van der Waals surface area contributed by atoms with Crippen LogP contribution in [0.2, 0.25) is 0 Å². The maximum Gasteiger partial charge on any atom is 0.0781 e. The number of hydrogen-bond donors (Lipinski definition) is 1. The molecule has 1 unspecified atom stereocenters. The van der Waals surface area contributed by atoms with Crippen molar-refractivity contribution >= 4 is 0 Å². The zero-order valence-corrected chi connectivity index (χ0v) is 8.08. The molecule has 1 atom stereocenters. The summed E-state index contributed by atoms with van der Waals surface area (Å²) < 4.78 is 10.5. The summed E-state index contributed by atoms with van der Waals surface area (Å²) >= 11 is 0. The van der Waals surface area contributed by atoms with Crippen molar-refractivity contribution in [3.63, 3.8) is 0 Å². The van der Waals surface area contributed by atoms with E-state index >= 15 is 0 Å². The molecule has 0 heterocycles. The van der Waals surface area contributed by atoms with E-state index in [1.807, 2.05) is 6.92 Å². The van der Waals surface area contributed by atoms with E-state index in [9.17, 15) is 0 Å². The van der Waals surface area contributed by atoms with Gasteiger partial charge in [-0.3, -0.25) is 0 Å². The molecule has 0 aromatic rings. The van der Waals surface area contributed by atoms with Gasteiger partial charge in [-0.1, -0.05) is 13.3 Å². The Morgan fingerprint density at radius 3 is 2.67 bits per heavy atom. The molecule has 0 aliphatic carbocycles. The lowest BCUT2D eigenvalue weighted by molar-refractivity contribution is -0.0187. The van der Waals surface area contributed by atoms with E-state index < -0.39 is 0 Å². The molecule has 0 rings (SSSR count). The van der Waals surface area contributed by atoms with Gasteiger partial charge in [0.15, 0.2) is 0 Å². The summed E-state index contributed by atoms with van der Waals surface area (Å²) in [5.74, 6) is 0. The van der Waals surface area contributed by atoms with Gasteiger partial charge in [0.2, 0.25) is 0 Å². The maximum absolute atomic E-state index is 8.46. The van der Waals surface area contributed by atoms with E-state index in [0.717, 1.165) is 19.4 Å². The molecular weight excluding hydrogens is 156 g/mol. The predicted molar refractivity (Wildman–Crippen MR) is 48.2 cm³/mol. The van der Waals surface area contributed by atoms with Crippen LogP contribution >= 0.6 is 0 Å². The Kier molecular flexibility index (Phi) is 8.88. The minimum Gasteiger partial charge on any atom is -0.394 e. The molecule has 0 saturated heterocycles. The van der Waals surface area contributed by atoms with Gasteiger partial charge in [0, 0.05) is 6.61 Å². The molecule has 0 aromatic carbocycles. The highest BCUT2D eigenvalue weighted by Crippen LogP contribution is 1.93. The van der Waals surface area contributed by atoms with Crippen LogP contribution in [0.3, 0.4) is 0 Å². The second kappa shape index (κ2) is 8.97. The van der Waals surface area contributed by atoms with E-state index in [2.05, 4.69) is 6.92 Å². The SMILES string of the molecule is CCCCOCC(C)OCCO. The van der Waals surface area contributed by atoms with Crippen molar-refractivity contribution in [1.29, 1.82) is 0 Å². The van der Waals surface area contributed by atoms with Gasteiger partial charge in [0.1, 0.15) is 0 Å². The molecule has 3 heteroatoms. The molecule has 0 aromatic heterocycles. The molecule has 0 fully saturated rings. The minimum atomic E-state index is 0.0826. The Bertz CT molecular complexity index is 85.8. The average molecular weight is 176 g/mol. The van der Waals surface area contributed by atoms with E-state index in [-0.39, 0.29) is 12.7 Å². The molecule has 0 spiro atoms. The third-order valence-corrected chi connectivity index (χ3v) is 1.49. The van der Waals surface area contributed by atoms with Gasteiger partial charge in [-0.15, -0.1) is 0 Å². The summed E-state index contributed by atoms with van der Waals surface area (Å²) in [7, 11) is 0. The predicted octanol–water partition coefficient (Wildman–Crippen LogP) is 1.20. The minimum absolute atomic E-state index is 0.0826. The smallest absolute Gasteiger partial charge is 0.0781 e. The lowest BCUT2D eigenvalue weighted by atomic mass is 10.3. The van der Waals surface area contributed by atoms with Crippen molar-refractivity contribution in [2.75, 3.05) is 26.4 Å². The molecular formula is C9H20O3. The van der Waals surface area contributed by atoms with Crippen LogP contribution in [0.25, 0.3) is 0 Å². The van der Waals surface area contributed by atoms with Crippen LogP contribution < -0.4 is 0 Å². The highest BCUT2D eigenvalue weighted by atomic mass is 16.5. The van der Waals surface area contributed by atoms with Crippen LogP contribution in [-0.2, 0) is 9.47 Å². The quantitative estimate of drug-likeness (QED) is 0.565.